The standard InChI is InChI=1S/C14H19N3OS/c1-17(9-12-10-19-11-16-12)7-4-8-18-14-6-3-2-5-13(14)15/h2-3,5-6,10-11H,4,7-9,15H2,1H3. The van der Waals surface area contributed by atoms with Crippen LogP contribution in [-0.2, 0) is 6.54 Å². The van der Waals surface area contributed by atoms with Crippen molar-refractivity contribution in [2.45, 2.75) is 13.0 Å². The molecule has 2 rings (SSSR count). The molecule has 0 atom stereocenters. The summed E-state index contributed by atoms with van der Waals surface area (Å²) in [7, 11) is 2.09. The molecule has 0 fully saturated rings. The highest BCUT2D eigenvalue weighted by molar-refractivity contribution is 7.07. The first-order valence-corrected chi connectivity index (χ1v) is 7.23. The Hall–Kier alpha value is -1.59. The van der Waals surface area contributed by atoms with E-state index >= 15 is 0 Å². The zero-order chi connectivity index (χ0) is 13.5. The van der Waals surface area contributed by atoms with Crippen molar-refractivity contribution in [3.63, 3.8) is 0 Å². The van der Waals surface area contributed by atoms with Crippen LogP contribution in [0.15, 0.2) is 35.2 Å². The van der Waals surface area contributed by atoms with Crippen LogP contribution in [0.4, 0.5) is 5.69 Å². The van der Waals surface area contributed by atoms with Gasteiger partial charge < -0.3 is 15.4 Å². The van der Waals surface area contributed by atoms with Gasteiger partial charge in [0.15, 0.2) is 0 Å². The largest absolute Gasteiger partial charge is 0.491 e. The first-order chi connectivity index (χ1) is 9.25. The second kappa shape index (κ2) is 7.11. The monoisotopic (exact) mass is 277 g/mol. The van der Waals surface area contributed by atoms with Crippen molar-refractivity contribution in [2.75, 3.05) is 25.9 Å². The summed E-state index contributed by atoms with van der Waals surface area (Å²) in [6.45, 7) is 2.54. The summed E-state index contributed by atoms with van der Waals surface area (Å²) in [5.74, 6) is 0.768. The van der Waals surface area contributed by atoms with Gasteiger partial charge in [-0.25, -0.2) is 4.98 Å². The molecule has 0 spiro atoms. The number of benzene rings is 1. The molecule has 1 heterocycles. The molecule has 0 saturated carbocycles. The number of nitrogens with zero attached hydrogens (tertiary/aromatic N) is 2. The van der Waals surface area contributed by atoms with E-state index in [2.05, 4.69) is 22.3 Å². The lowest BCUT2D eigenvalue weighted by Crippen LogP contribution is -2.21. The quantitative estimate of drug-likeness (QED) is 0.624. The molecule has 0 amide bonds. The highest BCUT2D eigenvalue weighted by Gasteiger charge is 2.03. The zero-order valence-corrected chi connectivity index (χ0v) is 11.9. The molecule has 0 aliphatic heterocycles. The van der Waals surface area contributed by atoms with E-state index in [0.717, 1.165) is 31.0 Å². The molecule has 1 aromatic heterocycles. The van der Waals surface area contributed by atoms with E-state index in [0.29, 0.717) is 12.3 Å². The fourth-order valence-electron chi connectivity index (χ4n) is 1.80. The van der Waals surface area contributed by atoms with E-state index in [1.807, 2.05) is 29.8 Å². The van der Waals surface area contributed by atoms with Gasteiger partial charge in [-0.1, -0.05) is 12.1 Å². The third-order valence-corrected chi connectivity index (χ3v) is 3.41. The predicted molar refractivity (Wildman–Crippen MR) is 79.4 cm³/mol. The summed E-state index contributed by atoms with van der Waals surface area (Å²) < 4.78 is 5.66. The minimum absolute atomic E-state index is 0.676. The Bertz CT molecular complexity index is 487. The smallest absolute Gasteiger partial charge is 0.142 e. The average molecular weight is 277 g/mol. The molecule has 0 saturated heterocycles. The summed E-state index contributed by atoms with van der Waals surface area (Å²) in [5.41, 5.74) is 9.49. The number of ether oxygens (including phenoxy) is 1. The number of rotatable bonds is 7. The molecule has 0 aliphatic carbocycles. The Morgan fingerprint density at radius 3 is 2.95 bits per heavy atom. The van der Waals surface area contributed by atoms with Crippen molar-refractivity contribution in [1.82, 2.24) is 9.88 Å². The Balaban J connectivity index is 1.65. The summed E-state index contributed by atoms with van der Waals surface area (Å²) in [4.78, 5) is 6.52. The van der Waals surface area contributed by atoms with Gasteiger partial charge >= 0.3 is 0 Å². The molecule has 0 radical (unpaired) electrons. The number of hydrogen-bond donors (Lipinski definition) is 1. The normalized spacial score (nSPS) is 10.8. The van der Waals surface area contributed by atoms with Gasteiger partial charge in [0.05, 0.1) is 23.5 Å². The van der Waals surface area contributed by atoms with Crippen molar-refractivity contribution < 1.29 is 4.74 Å². The maximum absolute atomic E-state index is 5.81. The van der Waals surface area contributed by atoms with Gasteiger partial charge in [-0.3, -0.25) is 0 Å². The van der Waals surface area contributed by atoms with Crippen molar-refractivity contribution in [3.8, 4) is 5.75 Å². The lowest BCUT2D eigenvalue weighted by atomic mass is 10.3. The van der Waals surface area contributed by atoms with E-state index in [9.17, 15) is 0 Å². The van der Waals surface area contributed by atoms with Crippen molar-refractivity contribution >= 4 is 17.0 Å². The number of aromatic nitrogens is 1. The van der Waals surface area contributed by atoms with E-state index in [1.54, 1.807) is 11.3 Å². The van der Waals surface area contributed by atoms with Gasteiger partial charge in [0.1, 0.15) is 5.75 Å². The van der Waals surface area contributed by atoms with E-state index < -0.39 is 0 Å². The minimum Gasteiger partial charge on any atom is -0.491 e. The molecule has 4 nitrogen and oxygen atoms in total. The molecule has 5 heteroatoms. The Morgan fingerprint density at radius 1 is 1.37 bits per heavy atom. The van der Waals surface area contributed by atoms with Crippen LogP contribution in [0, 0.1) is 0 Å². The fourth-order valence-corrected chi connectivity index (χ4v) is 2.35. The highest BCUT2D eigenvalue weighted by atomic mass is 32.1. The number of para-hydroxylation sites is 2. The Morgan fingerprint density at radius 2 is 2.21 bits per heavy atom. The lowest BCUT2D eigenvalue weighted by Gasteiger charge is -2.15. The topological polar surface area (TPSA) is 51.4 Å². The molecular weight excluding hydrogens is 258 g/mol. The number of nitrogens with two attached hydrogens (primary N) is 1. The number of hydrogen-bond acceptors (Lipinski definition) is 5. The molecule has 0 unspecified atom stereocenters. The van der Waals surface area contributed by atoms with Gasteiger partial charge in [-0.05, 0) is 25.6 Å². The van der Waals surface area contributed by atoms with Gasteiger partial charge in [0.2, 0.25) is 0 Å². The molecule has 0 aliphatic rings. The van der Waals surface area contributed by atoms with Gasteiger partial charge in [-0.15, -0.1) is 11.3 Å². The molecule has 102 valence electrons. The maximum atomic E-state index is 5.81. The second-order valence-corrected chi connectivity index (χ2v) is 5.18. The fraction of sp³-hybridized carbons (Fsp3) is 0.357. The molecule has 2 aromatic rings. The average Bonchev–Trinajstić information content (AvgIpc) is 2.89. The molecule has 19 heavy (non-hydrogen) atoms. The van der Waals surface area contributed by atoms with Crippen LogP contribution < -0.4 is 10.5 Å². The lowest BCUT2D eigenvalue weighted by molar-refractivity contribution is 0.258. The van der Waals surface area contributed by atoms with Crippen LogP contribution in [-0.4, -0.2) is 30.1 Å². The van der Waals surface area contributed by atoms with Crippen LogP contribution >= 0.6 is 11.3 Å². The second-order valence-electron chi connectivity index (χ2n) is 4.46. The zero-order valence-electron chi connectivity index (χ0n) is 11.1. The van der Waals surface area contributed by atoms with Crippen molar-refractivity contribution in [1.29, 1.82) is 0 Å². The van der Waals surface area contributed by atoms with E-state index in [1.165, 1.54) is 0 Å². The van der Waals surface area contributed by atoms with Crippen LogP contribution in [0.3, 0.4) is 0 Å². The van der Waals surface area contributed by atoms with Crippen LogP contribution in [0.25, 0.3) is 0 Å². The summed E-state index contributed by atoms with van der Waals surface area (Å²) in [6, 6.07) is 7.59. The SMILES string of the molecule is CN(CCCOc1ccccc1N)Cc1cscn1. The van der Waals surface area contributed by atoms with Gasteiger partial charge in [0, 0.05) is 18.5 Å². The molecule has 1 aromatic carbocycles. The summed E-state index contributed by atoms with van der Waals surface area (Å²) in [6.07, 6.45) is 0.967. The van der Waals surface area contributed by atoms with Crippen LogP contribution in [0.1, 0.15) is 12.1 Å². The number of anilines is 1. The van der Waals surface area contributed by atoms with E-state index in [4.69, 9.17) is 10.5 Å². The van der Waals surface area contributed by atoms with E-state index in [-0.39, 0.29) is 0 Å². The number of thiazole rings is 1. The van der Waals surface area contributed by atoms with Crippen molar-refractivity contribution in [3.05, 3.63) is 40.8 Å². The molecule has 0 bridgehead atoms. The third kappa shape index (κ3) is 4.54. The van der Waals surface area contributed by atoms with Gasteiger partial charge in [-0.2, -0.15) is 0 Å². The minimum atomic E-state index is 0.676. The number of nitrogen functional groups attached to an aromatic ring is 1. The van der Waals surface area contributed by atoms with Gasteiger partial charge in [0.25, 0.3) is 0 Å². The Kier molecular flexibility index (Phi) is 5.18. The molecular formula is C14H19N3OS. The third-order valence-electron chi connectivity index (χ3n) is 2.78. The highest BCUT2D eigenvalue weighted by Crippen LogP contribution is 2.19. The van der Waals surface area contributed by atoms with Crippen LogP contribution in [0.5, 0.6) is 5.75 Å². The summed E-state index contributed by atoms with van der Waals surface area (Å²) >= 11 is 1.63. The molecule has 2 N–H and O–H groups in total. The predicted octanol–water partition coefficient (Wildman–Crippen LogP) is 2.63. The summed E-state index contributed by atoms with van der Waals surface area (Å²) in [5, 5.41) is 2.08. The Labute approximate surface area is 117 Å². The first-order valence-electron chi connectivity index (χ1n) is 6.28. The van der Waals surface area contributed by atoms with Crippen LogP contribution in [0.2, 0.25) is 0 Å². The maximum Gasteiger partial charge on any atom is 0.142 e. The van der Waals surface area contributed by atoms with Crippen molar-refractivity contribution in [2.24, 2.45) is 0 Å². The first kappa shape index (κ1) is 13.8.